The summed E-state index contributed by atoms with van der Waals surface area (Å²) in [4.78, 5) is 0. The fourth-order valence-corrected chi connectivity index (χ4v) is 2.65. The summed E-state index contributed by atoms with van der Waals surface area (Å²) in [5.41, 5.74) is 1.26. The van der Waals surface area contributed by atoms with E-state index in [0.29, 0.717) is 12.1 Å². The van der Waals surface area contributed by atoms with Crippen LogP contribution in [0.1, 0.15) is 31.7 Å². The molecule has 1 N–H and O–H groups in total. The lowest BCUT2D eigenvalue weighted by molar-refractivity contribution is 0.0944. The fraction of sp³-hybridized carbons (Fsp3) is 0.600. The molecule has 3 atom stereocenters. The molecule has 0 aliphatic heterocycles. The van der Waals surface area contributed by atoms with E-state index in [1.54, 1.807) is 0 Å². The quantitative estimate of drug-likeness (QED) is 0.866. The van der Waals surface area contributed by atoms with Crippen molar-refractivity contribution in [2.75, 3.05) is 7.05 Å². The zero-order chi connectivity index (χ0) is 12.3. The zero-order valence-electron chi connectivity index (χ0n) is 11.1. The molecule has 1 aliphatic rings. The first-order valence-electron chi connectivity index (χ1n) is 6.59. The Morgan fingerprint density at radius 1 is 1.29 bits per heavy atom. The molecule has 17 heavy (non-hydrogen) atoms. The van der Waals surface area contributed by atoms with Crippen molar-refractivity contribution in [3.63, 3.8) is 0 Å². The van der Waals surface area contributed by atoms with E-state index in [4.69, 9.17) is 4.74 Å². The number of hydrogen-bond acceptors (Lipinski definition) is 2. The van der Waals surface area contributed by atoms with Crippen LogP contribution in [0.4, 0.5) is 0 Å². The van der Waals surface area contributed by atoms with Gasteiger partial charge in [-0.05, 0) is 56.8 Å². The highest BCUT2D eigenvalue weighted by Crippen LogP contribution is 2.28. The summed E-state index contributed by atoms with van der Waals surface area (Å²) in [5.74, 6) is 1.78. The van der Waals surface area contributed by atoms with Crippen LogP contribution in [-0.2, 0) is 0 Å². The maximum atomic E-state index is 6.15. The number of hydrogen-bond donors (Lipinski definition) is 1. The molecule has 1 saturated carbocycles. The summed E-state index contributed by atoms with van der Waals surface area (Å²) in [7, 11) is 2.03. The molecular formula is C15H23NO. The van der Waals surface area contributed by atoms with Gasteiger partial charge in [0.25, 0.3) is 0 Å². The van der Waals surface area contributed by atoms with E-state index in [1.165, 1.54) is 18.4 Å². The van der Waals surface area contributed by atoms with Crippen LogP contribution in [0.2, 0.25) is 0 Å². The third-order valence-corrected chi connectivity index (χ3v) is 3.70. The van der Waals surface area contributed by atoms with E-state index in [0.717, 1.165) is 18.1 Å². The topological polar surface area (TPSA) is 21.3 Å². The van der Waals surface area contributed by atoms with Gasteiger partial charge < -0.3 is 10.1 Å². The molecule has 1 aromatic rings. The minimum Gasteiger partial charge on any atom is -0.489 e. The van der Waals surface area contributed by atoms with Gasteiger partial charge in [0.2, 0.25) is 0 Å². The highest BCUT2D eigenvalue weighted by Gasteiger charge is 2.29. The van der Waals surface area contributed by atoms with Crippen LogP contribution >= 0.6 is 0 Å². The van der Waals surface area contributed by atoms with Crippen LogP contribution in [0.5, 0.6) is 5.75 Å². The van der Waals surface area contributed by atoms with Crippen molar-refractivity contribution >= 4 is 0 Å². The van der Waals surface area contributed by atoms with Crippen LogP contribution in [-0.4, -0.2) is 19.2 Å². The van der Waals surface area contributed by atoms with Gasteiger partial charge in [-0.1, -0.05) is 19.1 Å². The fourth-order valence-electron chi connectivity index (χ4n) is 2.65. The Kier molecular flexibility index (Phi) is 4.06. The minimum absolute atomic E-state index is 0.311. The van der Waals surface area contributed by atoms with Gasteiger partial charge in [0.1, 0.15) is 11.9 Å². The largest absolute Gasteiger partial charge is 0.489 e. The first-order chi connectivity index (χ1) is 8.19. The van der Waals surface area contributed by atoms with Gasteiger partial charge in [-0.2, -0.15) is 0 Å². The van der Waals surface area contributed by atoms with Crippen molar-refractivity contribution < 1.29 is 4.74 Å². The van der Waals surface area contributed by atoms with Gasteiger partial charge >= 0.3 is 0 Å². The highest BCUT2D eigenvalue weighted by atomic mass is 16.5. The minimum atomic E-state index is 0.311. The second-order valence-corrected chi connectivity index (χ2v) is 5.29. The number of ether oxygens (including phenoxy) is 1. The average molecular weight is 233 g/mol. The predicted octanol–water partition coefficient (Wildman–Crippen LogP) is 3.15. The Labute approximate surface area is 104 Å². The molecule has 1 fully saturated rings. The van der Waals surface area contributed by atoms with Gasteiger partial charge in [-0.3, -0.25) is 0 Å². The molecule has 2 rings (SSSR count). The Morgan fingerprint density at radius 3 is 2.82 bits per heavy atom. The van der Waals surface area contributed by atoms with Crippen molar-refractivity contribution in [1.29, 1.82) is 0 Å². The van der Waals surface area contributed by atoms with Gasteiger partial charge in [0.15, 0.2) is 0 Å². The molecule has 0 amide bonds. The van der Waals surface area contributed by atoms with Crippen molar-refractivity contribution in [1.82, 2.24) is 5.32 Å². The zero-order valence-corrected chi connectivity index (χ0v) is 11.1. The van der Waals surface area contributed by atoms with E-state index in [2.05, 4.69) is 43.4 Å². The summed E-state index contributed by atoms with van der Waals surface area (Å²) < 4.78 is 6.15. The van der Waals surface area contributed by atoms with Crippen molar-refractivity contribution in [3.8, 4) is 5.75 Å². The van der Waals surface area contributed by atoms with Crippen LogP contribution in [0.25, 0.3) is 0 Å². The first-order valence-corrected chi connectivity index (χ1v) is 6.59. The second-order valence-electron chi connectivity index (χ2n) is 5.29. The predicted molar refractivity (Wildman–Crippen MR) is 71.5 cm³/mol. The van der Waals surface area contributed by atoms with Gasteiger partial charge in [-0.15, -0.1) is 0 Å². The lowest BCUT2D eigenvalue weighted by atomic mass is 9.85. The molecular weight excluding hydrogens is 210 g/mol. The summed E-state index contributed by atoms with van der Waals surface area (Å²) in [5, 5.41) is 3.38. The molecule has 3 unspecified atom stereocenters. The molecule has 0 heterocycles. The standard InChI is InChI=1S/C15H23NO/c1-11-5-4-6-13(9-11)17-15-10-12(2)7-8-14(15)16-3/h4-6,9,12,14-16H,7-8,10H2,1-3H3. The third kappa shape index (κ3) is 3.22. The molecule has 94 valence electrons. The summed E-state index contributed by atoms with van der Waals surface area (Å²) >= 11 is 0. The molecule has 0 saturated heterocycles. The molecule has 0 radical (unpaired) electrons. The van der Waals surface area contributed by atoms with E-state index < -0.39 is 0 Å². The molecule has 1 aliphatic carbocycles. The van der Waals surface area contributed by atoms with Crippen molar-refractivity contribution in [3.05, 3.63) is 29.8 Å². The lowest BCUT2D eigenvalue weighted by Gasteiger charge is -2.34. The van der Waals surface area contributed by atoms with Gasteiger partial charge in [-0.25, -0.2) is 0 Å². The summed E-state index contributed by atoms with van der Waals surface area (Å²) in [6.07, 6.45) is 3.98. The molecule has 2 heteroatoms. The Bertz CT molecular complexity index is 364. The first kappa shape index (κ1) is 12.4. The molecule has 0 spiro atoms. The Hall–Kier alpha value is -1.02. The maximum absolute atomic E-state index is 6.15. The van der Waals surface area contributed by atoms with Gasteiger partial charge in [0.05, 0.1) is 0 Å². The lowest BCUT2D eigenvalue weighted by Crippen LogP contribution is -2.45. The number of benzene rings is 1. The van der Waals surface area contributed by atoms with E-state index in [9.17, 15) is 0 Å². The van der Waals surface area contributed by atoms with E-state index >= 15 is 0 Å². The monoisotopic (exact) mass is 233 g/mol. The number of rotatable bonds is 3. The summed E-state index contributed by atoms with van der Waals surface area (Å²) in [6.45, 7) is 4.42. The average Bonchev–Trinajstić information content (AvgIpc) is 2.29. The smallest absolute Gasteiger partial charge is 0.120 e. The Morgan fingerprint density at radius 2 is 2.12 bits per heavy atom. The number of nitrogens with one attached hydrogen (secondary N) is 1. The van der Waals surface area contributed by atoms with Crippen molar-refractivity contribution in [2.24, 2.45) is 5.92 Å². The summed E-state index contributed by atoms with van der Waals surface area (Å²) in [6, 6.07) is 8.83. The van der Waals surface area contributed by atoms with E-state index in [-0.39, 0.29) is 0 Å². The third-order valence-electron chi connectivity index (χ3n) is 3.70. The molecule has 1 aromatic carbocycles. The maximum Gasteiger partial charge on any atom is 0.120 e. The SMILES string of the molecule is CNC1CCC(C)CC1Oc1cccc(C)c1. The van der Waals surface area contributed by atoms with Crippen molar-refractivity contribution in [2.45, 2.75) is 45.3 Å². The molecule has 0 bridgehead atoms. The Balaban J connectivity index is 2.04. The van der Waals surface area contributed by atoms with Crippen LogP contribution in [0.3, 0.4) is 0 Å². The van der Waals surface area contributed by atoms with Gasteiger partial charge in [0, 0.05) is 6.04 Å². The van der Waals surface area contributed by atoms with Crippen LogP contribution in [0.15, 0.2) is 24.3 Å². The number of likely N-dealkylation sites (N-methyl/N-ethyl adjacent to an activating group) is 1. The van der Waals surface area contributed by atoms with E-state index in [1.807, 2.05) is 7.05 Å². The van der Waals surface area contributed by atoms with Crippen LogP contribution in [0, 0.1) is 12.8 Å². The second kappa shape index (κ2) is 5.54. The normalized spacial score (nSPS) is 29.0. The highest BCUT2D eigenvalue weighted by molar-refractivity contribution is 5.27. The molecule has 2 nitrogen and oxygen atoms in total. The number of aryl methyl sites for hydroxylation is 1. The molecule has 0 aromatic heterocycles. The van der Waals surface area contributed by atoms with Crippen LogP contribution < -0.4 is 10.1 Å².